The van der Waals surface area contributed by atoms with Crippen LogP contribution in [0.4, 0.5) is 0 Å². The number of hydrogen-bond donors (Lipinski definition) is 1. The molecule has 0 aromatic heterocycles. The van der Waals surface area contributed by atoms with Crippen molar-refractivity contribution in [2.45, 2.75) is 50.7 Å². The SMILES string of the molecule is C=CCCCCCC[C@@H](NC(=O)[C@H](OC)c1ccccc1)C(=O)OC. The van der Waals surface area contributed by atoms with Gasteiger partial charge in [-0.25, -0.2) is 4.79 Å². The molecule has 0 heterocycles. The predicted octanol–water partition coefficient (Wildman–Crippen LogP) is 3.56. The molecule has 1 N–H and O–H groups in total. The topological polar surface area (TPSA) is 64.6 Å². The van der Waals surface area contributed by atoms with E-state index in [1.54, 1.807) is 0 Å². The summed E-state index contributed by atoms with van der Waals surface area (Å²) in [4.78, 5) is 24.5. The van der Waals surface area contributed by atoms with Crippen LogP contribution in [0.15, 0.2) is 43.0 Å². The quantitative estimate of drug-likeness (QED) is 0.357. The third-order valence-corrected chi connectivity index (χ3v) is 4.03. The van der Waals surface area contributed by atoms with Crippen molar-refractivity contribution in [1.29, 1.82) is 0 Å². The molecule has 0 aliphatic heterocycles. The van der Waals surface area contributed by atoms with Crippen molar-refractivity contribution in [3.63, 3.8) is 0 Å². The maximum Gasteiger partial charge on any atom is 0.328 e. The van der Waals surface area contributed by atoms with E-state index in [9.17, 15) is 9.59 Å². The van der Waals surface area contributed by atoms with E-state index in [4.69, 9.17) is 9.47 Å². The van der Waals surface area contributed by atoms with Gasteiger partial charge in [-0.15, -0.1) is 6.58 Å². The molecule has 0 unspecified atom stereocenters. The summed E-state index contributed by atoms with van der Waals surface area (Å²) in [5.74, 6) is -0.766. The lowest BCUT2D eigenvalue weighted by atomic mass is 10.0. The van der Waals surface area contributed by atoms with Gasteiger partial charge >= 0.3 is 5.97 Å². The van der Waals surface area contributed by atoms with E-state index in [0.29, 0.717) is 6.42 Å². The second-order valence-electron chi connectivity index (χ2n) is 5.89. The molecular weight excluding hydrogens is 318 g/mol. The molecule has 1 aromatic carbocycles. The highest BCUT2D eigenvalue weighted by atomic mass is 16.5. The van der Waals surface area contributed by atoms with Crippen LogP contribution in [-0.4, -0.2) is 32.1 Å². The zero-order valence-corrected chi connectivity index (χ0v) is 15.2. The van der Waals surface area contributed by atoms with Gasteiger partial charge in [-0.3, -0.25) is 4.79 Å². The van der Waals surface area contributed by atoms with E-state index < -0.39 is 18.1 Å². The van der Waals surface area contributed by atoms with Crippen LogP contribution >= 0.6 is 0 Å². The average molecular weight is 347 g/mol. The summed E-state index contributed by atoms with van der Waals surface area (Å²) in [5.41, 5.74) is 0.746. The molecule has 2 atom stereocenters. The average Bonchev–Trinajstić information content (AvgIpc) is 2.64. The van der Waals surface area contributed by atoms with Gasteiger partial charge in [0.2, 0.25) is 0 Å². The minimum absolute atomic E-state index is 0.337. The van der Waals surface area contributed by atoms with E-state index in [-0.39, 0.29) is 5.91 Å². The first-order valence-corrected chi connectivity index (χ1v) is 8.70. The van der Waals surface area contributed by atoms with Crippen LogP contribution in [0.25, 0.3) is 0 Å². The standard InChI is InChI=1S/C20H29NO4/c1-4-5-6-7-8-12-15-17(20(23)25-3)21-19(22)18(24-2)16-13-10-9-11-14-16/h4,9-11,13-14,17-18H,1,5-8,12,15H2,2-3H3,(H,21,22)/t17-,18-/m1/s1. The van der Waals surface area contributed by atoms with E-state index in [1.807, 2.05) is 36.4 Å². The normalized spacial score (nSPS) is 12.9. The number of nitrogens with one attached hydrogen (secondary N) is 1. The number of ether oxygens (including phenoxy) is 2. The maximum absolute atomic E-state index is 12.5. The molecule has 0 saturated carbocycles. The molecule has 1 amide bonds. The molecule has 25 heavy (non-hydrogen) atoms. The Morgan fingerprint density at radius 2 is 1.80 bits per heavy atom. The third kappa shape index (κ3) is 7.52. The summed E-state index contributed by atoms with van der Waals surface area (Å²) in [6.45, 7) is 3.70. The van der Waals surface area contributed by atoms with Crippen LogP contribution in [0.2, 0.25) is 0 Å². The molecular formula is C20H29NO4. The molecule has 1 aromatic rings. The first-order valence-electron chi connectivity index (χ1n) is 8.70. The van der Waals surface area contributed by atoms with Crippen molar-refractivity contribution in [2.75, 3.05) is 14.2 Å². The van der Waals surface area contributed by atoms with Gasteiger partial charge in [-0.2, -0.15) is 0 Å². The highest BCUT2D eigenvalue weighted by Gasteiger charge is 2.26. The first kappa shape index (κ1) is 20.9. The second kappa shape index (κ2) is 12.3. The fraction of sp³-hybridized carbons (Fsp3) is 0.500. The van der Waals surface area contributed by atoms with Crippen molar-refractivity contribution in [1.82, 2.24) is 5.32 Å². The number of unbranched alkanes of at least 4 members (excludes halogenated alkanes) is 4. The van der Waals surface area contributed by atoms with Crippen molar-refractivity contribution in [2.24, 2.45) is 0 Å². The molecule has 5 nitrogen and oxygen atoms in total. The number of rotatable bonds is 12. The van der Waals surface area contributed by atoms with E-state index >= 15 is 0 Å². The smallest absolute Gasteiger partial charge is 0.328 e. The maximum atomic E-state index is 12.5. The Bertz CT molecular complexity index is 530. The van der Waals surface area contributed by atoms with Gasteiger partial charge in [0.15, 0.2) is 6.10 Å². The van der Waals surface area contributed by atoms with Crippen LogP contribution in [0.1, 0.15) is 50.2 Å². The third-order valence-electron chi connectivity index (χ3n) is 4.03. The number of carbonyl (C=O) groups is 2. The summed E-state index contributed by atoms with van der Waals surface area (Å²) < 4.78 is 10.1. The fourth-order valence-corrected chi connectivity index (χ4v) is 2.65. The lowest BCUT2D eigenvalue weighted by molar-refractivity contribution is -0.147. The van der Waals surface area contributed by atoms with Crippen LogP contribution in [0.3, 0.4) is 0 Å². The van der Waals surface area contributed by atoms with Gasteiger partial charge < -0.3 is 14.8 Å². The molecule has 0 radical (unpaired) electrons. The second-order valence-corrected chi connectivity index (χ2v) is 5.89. The number of methoxy groups -OCH3 is 2. The molecule has 138 valence electrons. The van der Waals surface area contributed by atoms with Gasteiger partial charge in [0.25, 0.3) is 5.91 Å². The Kier molecular flexibility index (Phi) is 10.2. The zero-order valence-electron chi connectivity index (χ0n) is 15.2. The fourth-order valence-electron chi connectivity index (χ4n) is 2.65. The first-order chi connectivity index (χ1) is 12.1. The van der Waals surface area contributed by atoms with Gasteiger partial charge in [0.05, 0.1) is 7.11 Å². The van der Waals surface area contributed by atoms with Crippen molar-refractivity contribution in [3.8, 4) is 0 Å². The zero-order chi connectivity index (χ0) is 18.5. The molecule has 1 rings (SSSR count). The Morgan fingerprint density at radius 3 is 2.40 bits per heavy atom. The summed E-state index contributed by atoms with van der Waals surface area (Å²) in [5, 5.41) is 2.76. The Labute approximate surface area is 150 Å². The van der Waals surface area contributed by atoms with Crippen LogP contribution < -0.4 is 5.32 Å². The minimum atomic E-state index is -0.749. The molecule has 0 aliphatic carbocycles. The van der Waals surface area contributed by atoms with Crippen LogP contribution in [-0.2, 0) is 19.1 Å². The lowest BCUT2D eigenvalue weighted by Gasteiger charge is -2.21. The molecule has 0 fully saturated rings. The van der Waals surface area contributed by atoms with Gasteiger partial charge in [-0.1, -0.05) is 55.7 Å². The number of benzene rings is 1. The number of allylic oxidation sites excluding steroid dienone is 1. The summed E-state index contributed by atoms with van der Waals surface area (Å²) in [6, 6.07) is 8.54. The number of esters is 1. The van der Waals surface area contributed by atoms with E-state index in [2.05, 4.69) is 11.9 Å². The summed E-state index contributed by atoms with van der Waals surface area (Å²) in [6.07, 6.45) is 6.75. The van der Waals surface area contributed by atoms with Crippen molar-refractivity contribution < 1.29 is 19.1 Å². The molecule has 0 aliphatic rings. The Hall–Kier alpha value is -2.14. The molecule has 0 saturated heterocycles. The highest BCUT2D eigenvalue weighted by molar-refractivity contribution is 5.87. The van der Waals surface area contributed by atoms with Crippen LogP contribution in [0, 0.1) is 0 Å². The number of amides is 1. The van der Waals surface area contributed by atoms with Gasteiger partial charge in [0, 0.05) is 7.11 Å². The highest BCUT2D eigenvalue weighted by Crippen LogP contribution is 2.17. The molecule has 0 spiro atoms. The molecule has 0 bridgehead atoms. The van der Waals surface area contributed by atoms with Crippen molar-refractivity contribution in [3.05, 3.63) is 48.6 Å². The largest absolute Gasteiger partial charge is 0.467 e. The summed E-state index contributed by atoms with van der Waals surface area (Å²) in [7, 11) is 2.81. The van der Waals surface area contributed by atoms with Crippen molar-refractivity contribution >= 4 is 11.9 Å². The molecule has 5 heteroatoms. The van der Waals surface area contributed by atoms with Gasteiger partial charge in [-0.05, 0) is 24.8 Å². The summed E-state index contributed by atoms with van der Waals surface area (Å²) >= 11 is 0. The lowest BCUT2D eigenvalue weighted by Crippen LogP contribution is -2.44. The van der Waals surface area contributed by atoms with E-state index in [1.165, 1.54) is 14.2 Å². The number of hydrogen-bond acceptors (Lipinski definition) is 4. The predicted molar refractivity (Wildman–Crippen MR) is 98.0 cm³/mol. The Morgan fingerprint density at radius 1 is 1.12 bits per heavy atom. The monoisotopic (exact) mass is 347 g/mol. The van der Waals surface area contributed by atoms with Gasteiger partial charge in [0.1, 0.15) is 6.04 Å². The van der Waals surface area contributed by atoms with E-state index in [0.717, 1.165) is 37.7 Å². The minimum Gasteiger partial charge on any atom is -0.467 e. The Balaban J connectivity index is 2.59. The van der Waals surface area contributed by atoms with Crippen LogP contribution in [0.5, 0.6) is 0 Å². The number of carbonyl (C=O) groups excluding carboxylic acids is 2.